The molecule has 1 N–H and O–H groups in total. The maximum atomic E-state index is 12.4. The predicted octanol–water partition coefficient (Wildman–Crippen LogP) is 3.20. The summed E-state index contributed by atoms with van der Waals surface area (Å²) in [5.74, 6) is -0.490. The maximum Gasteiger partial charge on any atom is 0.282 e. The van der Waals surface area contributed by atoms with E-state index in [0.29, 0.717) is 5.69 Å². The Morgan fingerprint density at radius 1 is 1.36 bits per heavy atom. The van der Waals surface area contributed by atoms with Crippen molar-refractivity contribution in [3.63, 3.8) is 0 Å². The van der Waals surface area contributed by atoms with E-state index in [9.17, 15) is 14.9 Å². The Kier molecular flexibility index (Phi) is 4.71. The van der Waals surface area contributed by atoms with Gasteiger partial charge in [-0.1, -0.05) is 0 Å². The molecule has 0 radical (unpaired) electrons. The normalized spacial score (nSPS) is 10.8. The van der Waals surface area contributed by atoms with Crippen LogP contribution in [0.5, 0.6) is 0 Å². The summed E-state index contributed by atoms with van der Waals surface area (Å²) in [5.41, 5.74) is 2.41. The highest BCUT2D eigenvalue weighted by Gasteiger charge is 2.20. The largest absolute Gasteiger partial charge is 0.346 e. The minimum absolute atomic E-state index is 0.0523. The number of fused-ring (bicyclic) bond motifs is 1. The van der Waals surface area contributed by atoms with Gasteiger partial charge in [0.2, 0.25) is 0 Å². The number of nitro benzene ring substituents is 1. The van der Waals surface area contributed by atoms with Crippen molar-refractivity contribution in [2.45, 2.75) is 18.4 Å². The van der Waals surface area contributed by atoms with Crippen LogP contribution in [-0.2, 0) is 6.54 Å². The predicted molar refractivity (Wildman–Crippen MR) is 96.0 cm³/mol. The van der Waals surface area contributed by atoms with E-state index in [4.69, 9.17) is 0 Å². The molecule has 2 heterocycles. The Balaban J connectivity index is 1.80. The van der Waals surface area contributed by atoms with Crippen LogP contribution in [0.4, 0.5) is 5.69 Å². The van der Waals surface area contributed by atoms with Gasteiger partial charge in [-0.15, -0.1) is 11.8 Å². The number of hydrogen-bond acceptors (Lipinski definition) is 5. The number of benzene rings is 1. The molecule has 7 nitrogen and oxygen atoms in total. The van der Waals surface area contributed by atoms with Gasteiger partial charge >= 0.3 is 0 Å². The average Bonchev–Trinajstić information content (AvgIpc) is 3.00. The van der Waals surface area contributed by atoms with Gasteiger partial charge in [0, 0.05) is 23.4 Å². The molecule has 0 spiro atoms. The number of nitrogens with one attached hydrogen (secondary N) is 1. The number of carbonyl (C=O) groups is 1. The standard InChI is InChI=1S/C17H16N4O3S/c1-11-5-6-20-10-12(19-16(20)7-11)9-18-17(22)14-8-13(25-2)3-4-15(14)21(23)24/h3-8,10H,9H2,1-2H3,(H,18,22). The lowest BCUT2D eigenvalue weighted by Gasteiger charge is -2.06. The lowest BCUT2D eigenvalue weighted by atomic mass is 10.1. The Morgan fingerprint density at radius 3 is 2.88 bits per heavy atom. The zero-order valence-corrected chi connectivity index (χ0v) is 14.5. The van der Waals surface area contributed by atoms with E-state index in [2.05, 4.69) is 10.3 Å². The molecule has 128 valence electrons. The second-order valence-corrected chi connectivity index (χ2v) is 6.40. The molecule has 0 unspecified atom stereocenters. The van der Waals surface area contributed by atoms with Gasteiger partial charge in [0.15, 0.2) is 0 Å². The van der Waals surface area contributed by atoms with Crippen LogP contribution in [0.3, 0.4) is 0 Å². The highest BCUT2D eigenvalue weighted by molar-refractivity contribution is 7.98. The van der Waals surface area contributed by atoms with Crippen LogP contribution in [0.2, 0.25) is 0 Å². The molecule has 0 atom stereocenters. The number of amides is 1. The number of thioether (sulfide) groups is 1. The van der Waals surface area contributed by atoms with Gasteiger partial charge in [-0.2, -0.15) is 0 Å². The molecule has 0 saturated carbocycles. The summed E-state index contributed by atoms with van der Waals surface area (Å²) >= 11 is 1.42. The molecule has 0 aliphatic carbocycles. The van der Waals surface area contributed by atoms with Gasteiger partial charge < -0.3 is 9.72 Å². The summed E-state index contributed by atoms with van der Waals surface area (Å²) in [4.78, 5) is 28.3. The molecular weight excluding hydrogens is 340 g/mol. The van der Waals surface area contributed by atoms with Gasteiger partial charge in [0.25, 0.3) is 11.6 Å². The molecule has 0 aliphatic rings. The van der Waals surface area contributed by atoms with Crippen LogP contribution in [0.1, 0.15) is 21.6 Å². The Morgan fingerprint density at radius 2 is 2.16 bits per heavy atom. The number of imidazole rings is 1. The van der Waals surface area contributed by atoms with Crippen molar-refractivity contribution in [3.8, 4) is 0 Å². The third-order valence-electron chi connectivity index (χ3n) is 3.74. The fraction of sp³-hybridized carbons (Fsp3) is 0.176. The van der Waals surface area contributed by atoms with Crippen molar-refractivity contribution >= 4 is 29.0 Å². The van der Waals surface area contributed by atoms with Crippen molar-refractivity contribution < 1.29 is 9.72 Å². The number of aromatic nitrogens is 2. The lowest BCUT2D eigenvalue weighted by Crippen LogP contribution is -2.24. The molecule has 0 saturated heterocycles. The van der Waals surface area contributed by atoms with Crippen LogP contribution in [-0.4, -0.2) is 26.5 Å². The minimum Gasteiger partial charge on any atom is -0.346 e. The molecule has 3 aromatic rings. The van der Waals surface area contributed by atoms with Gasteiger partial charge in [-0.25, -0.2) is 4.98 Å². The number of hydrogen-bond donors (Lipinski definition) is 1. The van der Waals surface area contributed by atoms with Gasteiger partial charge in [0.05, 0.1) is 17.2 Å². The van der Waals surface area contributed by atoms with E-state index >= 15 is 0 Å². The molecule has 3 rings (SSSR count). The summed E-state index contributed by atoms with van der Waals surface area (Å²) in [7, 11) is 0. The first-order chi connectivity index (χ1) is 12.0. The van der Waals surface area contributed by atoms with E-state index in [1.807, 2.05) is 42.1 Å². The van der Waals surface area contributed by atoms with Crippen molar-refractivity contribution in [2.24, 2.45) is 0 Å². The summed E-state index contributed by atoms with van der Waals surface area (Å²) in [6.45, 7) is 2.17. The Labute approximate surface area is 148 Å². The van der Waals surface area contributed by atoms with Gasteiger partial charge in [-0.05, 0) is 43.0 Å². The van der Waals surface area contributed by atoms with Crippen LogP contribution in [0.25, 0.3) is 5.65 Å². The van der Waals surface area contributed by atoms with Crippen LogP contribution >= 0.6 is 11.8 Å². The van der Waals surface area contributed by atoms with Crippen molar-refractivity contribution in [2.75, 3.05) is 6.26 Å². The molecule has 0 fully saturated rings. The third-order valence-corrected chi connectivity index (χ3v) is 4.47. The fourth-order valence-corrected chi connectivity index (χ4v) is 2.91. The molecule has 1 amide bonds. The van der Waals surface area contributed by atoms with Crippen molar-refractivity contribution in [3.05, 3.63) is 69.7 Å². The van der Waals surface area contributed by atoms with Gasteiger partial charge in [-0.3, -0.25) is 14.9 Å². The zero-order chi connectivity index (χ0) is 18.0. The molecule has 8 heteroatoms. The van der Waals surface area contributed by atoms with E-state index in [0.717, 1.165) is 16.1 Å². The number of nitrogens with zero attached hydrogens (tertiary/aromatic N) is 3. The van der Waals surface area contributed by atoms with Crippen LogP contribution < -0.4 is 5.32 Å². The van der Waals surface area contributed by atoms with Crippen molar-refractivity contribution in [1.29, 1.82) is 0 Å². The average molecular weight is 356 g/mol. The number of aryl methyl sites for hydroxylation is 1. The first-order valence-electron chi connectivity index (χ1n) is 7.53. The lowest BCUT2D eigenvalue weighted by molar-refractivity contribution is -0.385. The van der Waals surface area contributed by atoms with E-state index in [1.165, 1.54) is 23.9 Å². The number of pyridine rings is 1. The van der Waals surface area contributed by atoms with E-state index in [1.54, 1.807) is 6.07 Å². The number of rotatable bonds is 5. The van der Waals surface area contributed by atoms with Gasteiger partial charge in [0.1, 0.15) is 11.2 Å². The zero-order valence-electron chi connectivity index (χ0n) is 13.7. The third kappa shape index (κ3) is 3.63. The molecule has 0 aliphatic heterocycles. The topological polar surface area (TPSA) is 89.5 Å². The van der Waals surface area contributed by atoms with Crippen LogP contribution in [0.15, 0.2) is 47.6 Å². The van der Waals surface area contributed by atoms with E-state index in [-0.39, 0.29) is 17.8 Å². The second kappa shape index (κ2) is 6.94. The summed E-state index contributed by atoms with van der Waals surface area (Å²) < 4.78 is 1.87. The van der Waals surface area contributed by atoms with Crippen molar-refractivity contribution in [1.82, 2.24) is 14.7 Å². The number of nitro groups is 1. The second-order valence-electron chi connectivity index (χ2n) is 5.52. The molecular formula is C17H16N4O3S. The Bertz CT molecular complexity index is 968. The first kappa shape index (κ1) is 17.0. The highest BCUT2D eigenvalue weighted by atomic mass is 32.2. The monoisotopic (exact) mass is 356 g/mol. The number of carbonyl (C=O) groups excluding carboxylic acids is 1. The summed E-state index contributed by atoms with van der Waals surface area (Å²) in [6, 6.07) is 8.43. The molecule has 0 bridgehead atoms. The smallest absolute Gasteiger partial charge is 0.282 e. The fourth-order valence-electron chi connectivity index (χ4n) is 2.47. The first-order valence-corrected chi connectivity index (χ1v) is 8.75. The summed E-state index contributed by atoms with van der Waals surface area (Å²) in [6.07, 6.45) is 5.57. The summed E-state index contributed by atoms with van der Waals surface area (Å²) in [5, 5.41) is 13.9. The van der Waals surface area contributed by atoms with Crippen LogP contribution in [0, 0.1) is 17.0 Å². The SMILES string of the molecule is CSc1ccc([N+](=O)[O-])c(C(=O)NCc2cn3ccc(C)cc3n2)c1. The molecule has 1 aromatic carbocycles. The molecule has 2 aromatic heterocycles. The minimum atomic E-state index is -0.549. The quantitative estimate of drug-likeness (QED) is 0.431. The Hall–Kier alpha value is -2.87. The maximum absolute atomic E-state index is 12.4. The highest BCUT2D eigenvalue weighted by Crippen LogP contribution is 2.24. The molecule has 25 heavy (non-hydrogen) atoms. The van der Waals surface area contributed by atoms with E-state index < -0.39 is 10.8 Å².